The molecule has 18 nitrogen and oxygen atoms in total. The molecule has 18 heteroatoms. The van der Waals surface area contributed by atoms with Crippen molar-refractivity contribution in [3.05, 3.63) is 69.7 Å². The number of fused-ring (bicyclic) bond motifs is 1. The molecule has 1 saturated heterocycles. The third kappa shape index (κ3) is 9.04. The third-order valence-corrected chi connectivity index (χ3v) is 8.48. The Bertz CT molecular complexity index is 2040. The van der Waals surface area contributed by atoms with Crippen LogP contribution in [-0.4, -0.2) is 104 Å². The van der Waals surface area contributed by atoms with Crippen LogP contribution in [0.2, 0.25) is 0 Å². The van der Waals surface area contributed by atoms with Crippen molar-refractivity contribution in [1.29, 1.82) is 0 Å². The lowest BCUT2D eigenvalue weighted by molar-refractivity contribution is -0.254. The number of nitrogens with two attached hydrogens (primary N) is 1. The first-order valence-corrected chi connectivity index (χ1v) is 16.9. The van der Waals surface area contributed by atoms with Crippen LogP contribution in [0.5, 0.6) is 17.2 Å². The third-order valence-electron chi connectivity index (χ3n) is 8.48. The molecule has 1 fully saturated rings. The minimum atomic E-state index is -1.58. The summed E-state index contributed by atoms with van der Waals surface area (Å²) in [5.74, 6) is -1.86. The van der Waals surface area contributed by atoms with Crippen molar-refractivity contribution < 1.29 is 63.2 Å². The number of hydrogen-bond acceptors (Lipinski definition) is 17. The van der Waals surface area contributed by atoms with Gasteiger partial charge in [-0.3, -0.25) is 14.4 Å². The maximum atomic E-state index is 13.9. The van der Waals surface area contributed by atoms with Gasteiger partial charge in [-0.15, -0.1) is 5.10 Å². The highest BCUT2D eigenvalue weighted by Crippen LogP contribution is 2.38. The van der Waals surface area contributed by atoms with Gasteiger partial charge in [0.2, 0.25) is 11.2 Å². The first-order valence-electron chi connectivity index (χ1n) is 16.9. The van der Waals surface area contributed by atoms with Crippen molar-refractivity contribution in [3.8, 4) is 28.6 Å². The molecule has 0 spiro atoms. The highest BCUT2D eigenvalue weighted by molar-refractivity contribution is 5.96. The summed E-state index contributed by atoms with van der Waals surface area (Å²) < 4.78 is 34.1. The number of rotatable bonds is 15. The van der Waals surface area contributed by atoms with Crippen LogP contribution >= 0.6 is 0 Å². The van der Waals surface area contributed by atoms with E-state index < -0.39 is 66.8 Å². The van der Waals surface area contributed by atoms with E-state index in [0.717, 1.165) is 10.3 Å². The molecule has 3 heterocycles. The molecule has 1 unspecified atom stereocenters. The first kappa shape index (κ1) is 39.8. The Balaban J connectivity index is 1.19. The molecular weight excluding hydrogens is 712 g/mol. The van der Waals surface area contributed by atoms with Crippen molar-refractivity contribution in [2.75, 3.05) is 32.7 Å². The molecule has 5 rings (SSSR count). The number of benzene rings is 2. The second-order valence-electron chi connectivity index (χ2n) is 12.6. The number of ether oxygens (including phenoxy) is 5. The summed E-state index contributed by atoms with van der Waals surface area (Å²) in [5, 5.41) is 58.0. The van der Waals surface area contributed by atoms with Crippen molar-refractivity contribution in [2.24, 2.45) is 0 Å². The van der Waals surface area contributed by atoms with Gasteiger partial charge in [0.15, 0.2) is 12.0 Å². The van der Waals surface area contributed by atoms with E-state index in [-0.39, 0.29) is 60.8 Å². The van der Waals surface area contributed by atoms with Crippen LogP contribution in [0.4, 0.5) is 5.69 Å². The Morgan fingerprint density at radius 3 is 2.44 bits per heavy atom. The Morgan fingerprint density at radius 1 is 1.04 bits per heavy atom. The van der Waals surface area contributed by atoms with Crippen molar-refractivity contribution in [3.63, 3.8) is 0 Å². The molecular formula is C36H42N4O14. The van der Waals surface area contributed by atoms with Gasteiger partial charge in [0.25, 0.3) is 0 Å². The number of carbonyl (C=O) groups is 2. The number of aliphatic hydroxyl groups excluding tert-OH is 4. The SMILES string of the molecule is COc1ccc(-c2oc3c(CC=C(C)C)c(O)cc(N)c3c(=O)c2OC(=O)CCC(=O)OCCOCc2cn(C3O[C@H](CO)[C@@H](O)[C@H](O)[C@H]3O)nn2)cc1. The number of hydrogen-bond donors (Lipinski definition) is 6. The van der Waals surface area contributed by atoms with Gasteiger partial charge >= 0.3 is 11.9 Å². The smallest absolute Gasteiger partial charge is 0.312 e. The summed E-state index contributed by atoms with van der Waals surface area (Å²) in [7, 11) is 1.49. The Morgan fingerprint density at radius 2 is 1.76 bits per heavy atom. The van der Waals surface area contributed by atoms with Gasteiger partial charge in [-0.25, -0.2) is 4.68 Å². The zero-order chi connectivity index (χ0) is 39.1. The molecule has 54 heavy (non-hydrogen) atoms. The molecule has 0 amide bonds. The topological polar surface area (TPSA) is 268 Å². The molecule has 0 aliphatic carbocycles. The average molecular weight is 755 g/mol. The van der Waals surface area contributed by atoms with Gasteiger partial charge < -0.3 is 59.4 Å². The molecule has 7 N–H and O–H groups in total. The number of nitrogen functional groups attached to an aromatic ring is 1. The number of phenolic OH excluding ortho intramolecular Hbond substituents is 1. The lowest BCUT2D eigenvalue weighted by Crippen LogP contribution is -2.56. The quantitative estimate of drug-likeness (QED) is 0.0432. The summed E-state index contributed by atoms with van der Waals surface area (Å²) in [5.41, 5.74) is 7.30. The van der Waals surface area contributed by atoms with Gasteiger partial charge in [-0.2, -0.15) is 0 Å². The maximum Gasteiger partial charge on any atom is 0.312 e. The average Bonchev–Trinajstić information content (AvgIpc) is 3.62. The Labute approximate surface area is 307 Å². The Kier molecular flexibility index (Phi) is 13.0. The van der Waals surface area contributed by atoms with Crippen LogP contribution < -0.4 is 20.6 Å². The fourth-order valence-corrected chi connectivity index (χ4v) is 5.58. The van der Waals surface area contributed by atoms with Crippen LogP contribution in [0.25, 0.3) is 22.3 Å². The van der Waals surface area contributed by atoms with E-state index >= 15 is 0 Å². The number of allylic oxidation sites excluding steroid dienone is 2. The van der Waals surface area contributed by atoms with E-state index in [1.165, 1.54) is 19.4 Å². The normalized spacial score (nSPS) is 19.7. The fraction of sp³-hybridized carbons (Fsp3) is 0.417. The molecule has 0 saturated carbocycles. The molecule has 0 bridgehead atoms. The fourth-order valence-electron chi connectivity index (χ4n) is 5.58. The molecule has 0 radical (unpaired) electrons. The zero-order valence-corrected chi connectivity index (χ0v) is 29.7. The molecule has 1 aliphatic rings. The molecule has 2 aromatic carbocycles. The largest absolute Gasteiger partial charge is 0.507 e. The number of phenols is 1. The van der Waals surface area contributed by atoms with Crippen molar-refractivity contribution in [1.82, 2.24) is 15.0 Å². The summed E-state index contributed by atoms with van der Waals surface area (Å²) in [6.07, 6.45) is -4.37. The van der Waals surface area contributed by atoms with E-state index in [4.69, 9.17) is 33.8 Å². The summed E-state index contributed by atoms with van der Waals surface area (Å²) in [6, 6.07) is 7.69. The number of aliphatic hydroxyl groups is 4. The van der Waals surface area contributed by atoms with Crippen molar-refractivity contribution >= 4 is 28.6 Å². The standard InChI is InChI=1S/C36H42N4O14/c1-18(2)4-9-22-24(42)14-23(37)28-30(46)35(33(54-34(22)28)19-5-7-21(49-3)8-6-19)53-27(44)11-10-26(43)51-13-12-50-17-20-15-40(39-38-20)36-32(48)31(47)29(45)25(16-41)52-36/h4-8,14-15,25,29,31-32,36,41-42,45,47-48H,9-13,16-17,37H2,1-3H3/t25-,29-,31+,32-,36?/m1/s1. The number of anilines is 1. The van der Waals surface area contributed by atoms with Crippen LogP contribution in [-0.2, 0) is 36.8 Å². The highest BCUT2D eigenvalue weighted by atomic mass is 16.6. The van der Waals surface area contributed by atoms with Crippen molar-refractivity contribution in [2.45, 2.75) is 70.4 Å². The lowest BCUT2D eigenvalue weighted by atomic mass is 9.98. The first-order chi connectivity index (χ1) is 25.8. The molecule has 290 valence electrons. The monoisotopic (exact) mass is 754 g/mol. The predicted octanol–water partition coefficient (Wildman–Crippen LogP) is 1.27. The minimum absolute atomic E-state index is 0.0323. The lowest BCUT2D eigenvalue weighted by Gasteiger charge is -2.39. The molecule has 2 aromatic heterocycles. The number of aromatic nitrogens is 3. The van der Waals surface area contributed by atoms with Gasteiger partial charge in [-0.1, -0.05) is 16.9 Å². The van der Waals surface area contributed by atoms with Gasteiger partial charge in [-0.05, 0) is 44.5 Å². The number of aromatic hydroxyl groups is 1. The second-order valence-corrected chi connectivity index (χ2v) is 12.6. The summed E-state index contributed by atoms with van der Waals surface area (Å²) in [4.78, 5) is 39.3. The van der Waals surface area contributed by atoms with E-state index in [2.05, 4.69) is 10.3 Å². The van der Waals surface area contributed by atoms with Crippen LogP contribution in [0.1, 0.15) is 44.2 Å². The van der Waals surface area contributed by atoms with E-state index in [1.54, 1.807) is 24.3 Å². The number of esters is 2. The zero-order valence-electron chi connectivity index (χ0n) is 29.7. The number of carbonyl (C=O) groups excluding carboxylic acids is 2. The summed E-state index contributed by atoms with van der Waals surface area (Å²) >= 11 is 0. The van der Waals surface area contributed by atoms with E-state index in [1.807, 2.05) is 19.9 Å². The Hall–Kier alpha value is -5.37. The summed E-state index contributed by atoms with van der Waals surface area (Å²) in [6.45, 7) is 2.86. The maximum absolute atomic E-state index is 13.9. The molecule has 4 aromatic rings. The van der Waals surface area contributed by atoms with Crippen LogP contribution in [0.3, 0.4) is 0 Å². The number of methoxy groups -OCH3 is 1. The van der Waals surface area contributed by atoms with Gasteiger partial charge in [0.1, 0.15) is 53.8 Å². The van der Waals surface area contributed by atoms with E-state index in [0.29, 0.717) is 22.6 Å². The molecule has 1 aliphatic heterocycles. The van der Waals surface area contributed by atoms with Gasteiger partial charge in [0.05, 0.1) is 57.0 Å². The number of nitrogens with zero attached hydrogens (tertiary/aromatic N) is 3. The second kappa shape index (κ2) is 17.6. The predicted molar refractivity (Wildman–Crippen MR) is 188 cm³/mol. The van der Waals surface area contributed by atoms with Gasteiger partial charge in [0, 0.05) is 17.2 Å². The highest BCUT2D eigenvalue weighted by Gasteiger charge is 2.44. The van der Waals surface area contributed by atoms with Crippen LogP contribution in [0.15, 0.2) is 57.4 Å². The molecule has 5 atom stereocenters. The minimum Gasteiger partial charge on any atom is -0.507 e. The van der Waals surface area contributed by atoms with Crippen LogP contribution in [0, 0.1) is 0 Å². The van der Waals surface area contributed by atoms with E-state index in [9.17, 15) is 39.9 Å².